The minimum Gasteiger partial charge on any atom is -0.508 e. The first-order valence-electron chi connectivity index (χ1n) is 5.59. The largest absolute Gasteiger partial charge is 0.508 e. The molecule has 1 unspecified atom stereocenters. The summed E-state index contributed by atoms with van der Waals surface area (Å²) in [5.41, 5.74) is 0.636. The van der Waals surface area contributed by atoms with E-state index < -0.39 is 0 Å². The van der Waals surface area contributed by atoms with Crippen LogP contribution in [0.15, 0.2) is 24.3 Å². The fourth-order valence-electron chi connectivity index (χ4n) is 1.89. The molecule has 1 atom stereocenters. The summed E-state index contributed by atoms with van der Waals surface area (Å²) in [6, 6.07) is 6.49. The molecule has 0 radical (unpaired) electrons. The van der Waals surface area contributed by atoms with Gasteiger partial charge >= 0.3 is 0 Å². The fourth-order valence-corrected chi connectivity index (χ4v) is 1.89. The van der Waals surface area contributed by atoms with Crippen molar-refractivity contribution in [1.29, 1.82) is 0 Å². The van der Waals surface area contributed by atoms with Crippen molar-refractivity contribution in [1.82, 2.24) is 5.32 Å². The predicted molar refractivity (Wildman–Crippen MR) is 62.4 cm³/mol. The number of carbonyl (C=O) groups excluding carboxylic acids is 1. The molecule has 0 spiro atoms. The number of phenolic OH excluding ortho intramolecular Hbond substituents is 1. The van der Waals surface area contributed by atoms with Gasteiger partial charge in [0.1, 0.15) is 5.75 Å². The lowest BCUT2D eigenvalue weighted by atomic mass is 10.0. The second kappa shape index (κ2) is 4.99. The second-order valence-corrected chi connectivity index (χ2v) is 4.04. The molecular formula is C12H16N2O2. The van der Waals surface area contributed by atoms with E-state index in [2.05, 4.69) is 10.6 Å². The number of nitrogens with one attached hydrogen (secondary N) is 2. The minimum atomic E-state index is -0.101. The van der Waals surface area contributed by atoms with Crippen LogP contribution in [0.25, 0.3) is 0 Å². The number of rotatable bonds is 2. The van der Waals surface area contributed by atoms with Gasteiger partial charge in [-0.2, -0.15) is 0 Å². The highest BCUT2D eigenvalue weighted by Gasteiger charge is 2.20. The number of carbonyl (C=O) groups is 1. The Labute approximate surface area is 94.7 Å². The van der Waals surface area contributed by atoms with Gasteiger partial charge in [0, 0.05) is 11.8 Å². The van der Waals surface area contributed by atoms with Crippen LogP contribution in [-0.4, -0.2) is 23.6 Å². The highest BCUT2D eigenvalue weighted by molar-refractivity contribution is 5.95. The highest BCUT2D eigenvalue weighted by atomic mass is 16.3. The smallest absolute Gasteiger partial charge is 0.241 e. The van der Waals surface area contributed by atoms with Crippen LogP contribution in [0.4, 0.5) is 5.69 Å². The molecule has 3 N–H and O–H groups in total. The van der Waals surface area contributed by atoms with Gasteiger partial charge in [-0.3, -0.25) is 4.79 Å². The molecule has 1 fully saturated rings. The van der Waals surface area contributed by atoms with E-state index in [1.165, 1.54) is 0 Å². The molecule has 0 aromatic heterocycles. The average Bonchev–Trinajstić information content (AvgIpc) is 2.30. The zero-order chi connectivity index (χ0) is 11.4. The van der Waals surface area contributed by atoms with Crippen LogP contribution in [0.1, 0.15) is 19.3 Å². The van der Waals surface area contributed by atoms with Crippen molar-refractivity contribution in [2.45, 2.75) is 25.3 Å². The lowest BCUT2D eigenvalue weighted by Gasteiger charge is -2.22. The number of aromatic hydroxyl groups is 1. The van der Waals surface area contributed by atoms with Gasteiger partial charge in [-0.05, 0) is 31.5 Å². The third-order valence-corrected chi connectivity index (χ3v) is 2.74. The first-order valence-corrected chi connectivity index (χ1v) is 5.59. The van der Waals surface area contributed by atoms with Gasteiger partial charge in [0.25, 0.3) is 0 Å². The zero-order valence-corrected chi connectivity index (χ0v) is 9.07. The summed E-state index contributed by atoms with van der Waals surface area (Å²) < 4.78 is 0. The Balaban J connectivity index is 1.96. The summed E-state index contributed by atoms with van der Waals surface area (Å²) >= 11 is 0. The summed E-state index contributed by atoms with van der Waals surface area (Å²) in [7, 11) is 0. The van der Waals surface area contributed by atoms with Gasteiger partial charge in [0.05, 0.1) is 6.04 Å². The standard InChI is InChI=1S/C12H16N2O2/c15-10-5-3-4-9(8-10)14-12(16)11-6-1-2-7-13-11/h3-5,8,11,13,15H,1-2,6-7H2,(H,14,16). The van der Waals surface area contributed by atoms with Crippen molar-refractivity contribution in [2.75, 3.05) is 11.9 Å². The van der Waals surface area contributed by atoms with E-state index in [0.717, 1.165) is 25.8 Å². The maximum absolute atomic E-state index is 11.8. The van der Waals surface area contributed by atoms with E-state index in [4.69, 9.17) is 0 Å². The predicted octanol–water partition coefficient (Wildman–Crippen LogP) is 1.47. The molecule has 1 saturated heterocycles. The monoisotopic (exact) mass is 220 g/mol. The van der Waals surface area contributed by atoms with Crippen LogP contribution in [0.5, 0.6) is 5.75 Å². The Morgan fingerprint density at radius 1 is 1.44 bits per heavy atom. The first kappa shape index (κ1) is 11.0. The lowest BCUT2D eigenvalue weighted by molar-refractivity contribution is -0.118. The van der Waals surface area contributed by atoms with Crippen LogP contribution in [-0.2, 0) is 4.79 Å². The quantitative estimate of drug-likeness (QED) is 0.707. The van der Waals surface area contributed by atoms with E-state index in [1.807, 2.05) is 0 Å². The fraction of sp³-hybridized carbons (Fsp3) is 0.417. The number of hydrogen-bond donors (Lipinski definition) is 3. The van der Waals surface area contributed by atoms with Crippen molar-refractivity contribution in [3.05, 3.63) is 24.3 Å². The molecular weight excluding hydrogens is 204 g/mol. The van der Waals surface area contributed by atoms with Gasteiger partial charge in [0.2, 0.25) is 5.91 Å². The van der Waals surface area contributed by atoms with E-state index >= 15 is 0 Å². The Bertz CT molecular complexity index is 373. The van der Waals surface area contributed by atoms with Gasteiger partial charge in [-0.15, -0.1) is 0 Å². The Hall–Kier alpha value is -1.55. The van der Waals surface area contributed by atoms with Crippen LogP contribution in [0.3, 0.4) is 0 Å². The van der Waals surface area contributed by atoms with Gasteiger partial charge in [-0.25, -0.2) is 0 Å². The summed E-state index contributed by atoms with van der Waals surface area (Å²) in [5, 5.41) is 15.2. The van der Waals surface area contributed by atoms with Gasteiger partial charge in [-0.1, -0.05) is 12.5 Å². The zero-order valence-electron chi connectivity index (χ0n) is 9.07. The van der Waals surface area contributed by atoms with Crippen molar-refractivity contribution >= 4 is 11.6 Å². The van der Waals surface area contributed by atoms with Crippen molar-refractivity contribution < 1.29 is 9.90 Å². The van der Waals surface area contributed by atoms with Crippen LogP contribution < -0.4 is 10.6 Å². The summed E-state index contributed by atoms with van der Waals surface area (Å²) in [6.07, 6.45) is 3.10. The van der Waals surface area contributed by atoms with Gasteiger partial charge in [0.15, 0.2) is 0 Å². The number of anilines is 1. The Kier molecular flexibility index (Phi) is 3.41. The van der Waals surface area contributed by atoms with Crippen LogP contribution >= 0.6 is 0 Å². The molecule has 0 bridgehead atoms. The number of benzene rings is 1. The molecule has 0 aliphatic carbocycles. The molecule has 1 amide bonds. The summed E-state index contributed by atoms with van der Waals surface area (Å²) in [5.74, 6) is 0.139. The molecule has 1 aliphatic rings. The number of piperidine rings is 1. The van der Waals surface area contributed by atoms with E-state index in [-0.39, 0.29) is 17.7 Å². The SMILES string of the molecule is O=C(Nc1cccc(O)c1)C1CCCCN1. The molecule has 0 saturated carbocycles. The number of amides is 1. The molecule has 4 nitrogen and oxygen atoms in total. The van der Waals surface area contributed by atoms with Crippen LogP contribution in [0, 0.1) is 0 Å². The molecule has 1 aromatic rings. The lowest BCUT2D eigenvalue weighted by Crippen LogP contribution is -2.43. The average molecular weight is 220 g/mol. The second-order valence-electron chi connectivity index (χ2n) is 4.04. The van der Waals surface area contributed by atoms with Crippen molar-refractivity contribution in [3.63, 3.8) is 0 Å². The van der Waals surface area contributed by atoms with Gasteiger partial charge < -0.3 is 15.7 Å². The van der Waals surface area contributed by atoms with E-state index in [9.17, 15) is 9.90 Å². The molecule has 1 aromatic carbocycles. The maximum Gasteiger partial charge on any atom is 0.241 e. The van der Waals surface area contributed by atoms with E-state index in [1.54, 1.807) is 24.3 Å². The molecule has 86 valence electrons. The maximum atomic E-state index is 11.8. The highest BCUT2D eigenvalue weighted by Crippen LogP contribution is 2.16. The molecule has 4 heteroatoms. The normalized spacial score (nSPS) is 20.4. The topological polar surface area (TPSA) is 61.4 Å². The molecule has 2 rings (SSSR count). The minimum absolute atomic E-state index is 0.0229. The Morgan fingerprint density at radius 2 is 2.31 bits per heavy atom. The number of hydrogen-bond acceptors (Lipinski definition) is 3. The number of phenols is 1. The molecule has 1 heterocycles. The Morgan fingerprint density at radius 3 is 3.00 bits per heavy atom. The van der Waals surface area contributed by atoms with Crippen molar-refractivity contribution in [2.24, 2.45) is 0 Å². The summed E-state index contributed by atoms with van der Waals surface area (Å²) in [6.45, 7) is 0.901. The summed E-state index contributed by atoms with van der Waals surface area (Å²) in [4.78, 5) is 11.8. The molecule has 16 heavy (non-hydrogen) atoms. The van der Waals surface area contributed by atoms with E-state index in [0.29, 0.717) is 5.69 Å². The molecule has 1 aliphatic heterocycles. The third-order valence-electron chi connectivity index (χ3n) is 2.74. The van der Waals surface area contributed by atoms with Crippen molar-refractivity contribution in [3.8, 4) is 5.75 Å². The van der Waals surface area contributed by atoms with Crippen LogP contribution in [0.2, 0.25) is 0 Å². The third kappa shape index (κ3) is 2.73. The first-order chi connectivity index (χ1) is 7.75.